The van der Waals surface area contributed by atoms with Gasteiger partial charge in [-0.2, -0.15) is 13.2 Å². The second-order valence-corrected chi connectivity index (χ2v) is 3.78. The molecule has 0 saturated carbocycles. The highest BCUT2D eigenvalue weighted by molar-refractivity contribution is 5.84. The Labute approximate surface area is 102 Å². The molecule has 1 rings (SSSR count). The van der Waals surface area contributed by atoms with Crippen molar-refractivity contribution in [2.45, 2.75) is 19.1 Å². The number of alkyl halides is 3. The van der Waals surface area contributed by atoms with Crippen LogP contribution in [0.15, 0.2) is 18.2 Å². The Morgan fingerprint density at radius 2 is 2.00 bits per heavy atom. The van der Waals surface area contributed by atoms with E-state index < -0.39 is 23.7 Å². The minimum atomic E-state index is -4.53. The van der Waals surface area contributed by atoms with Crippen LogP contribution in [0.25, 0.3) is 0 Å². The van der Waals surface area contributed by atoms with E-state index in [9.17, 15) is 18.0 Å². The molecule has 1 atom stereocenters. The molecule has 0 spiro atoms. The van der Waals surface area contributed by atoms with E-state index in [0.717, 1.165) is 6.07 Å². The van der Waals surface area contributed by atoms with Crippen molar-refractivity contribution < 1.29 is 18.0 Å². The van der Waals surface area contributed by atoms with E-state index in [1.54, 1.807) is 0 Å². The minimum Gasteiger partial charge on any atom is -0.399 e. The molecule has 0 aliphatic carbocycles. The van der Waals surface area contributed by atoms with Gasteiger partial charge in [0.25, 0.3) is 0 Å². The maximum absolute atomic E-state index is 12.8. The van der Waals surface area contributed by atoms with Crippen LogP contribution >= 0.6 is 0 Å². The Bertz CT molecular complexity index is 446. The molecule has 0 saturated heterocycles. The molecule has 0 fully saturated rings. The van der Waals surface area contributed by atoms with E-state index in [2.05, 4.69) is 10.6 Å². The molecule has 0 heterocycles. The molecule has 1 aromatic carbocycles. The molecule has 7 heteroatoms. The standard InChI is InChI=1S/C11H14F3N3O/c1-6(10(18)16-2)17-9-4-3-7(15)5-8(9)11(12,13)14/h3-6,17H,15H2,1-2H3,(H,16,18). The van der Waals surface area contributed by atoms with Crippen LogP contribution in [0.2, 0.25) is 0 Å². The third kappa shape index (κ3) is 3.28. The van der Waals surface area contributed by atoms with Gasteiger partial charge in [-0.25, -0.2) is 0 Å². The fourth-order valence-electron chi connectivity index (χ4n) is 1.44. The van der Waals surface area contributed by atoms with Crippen molar-refractivity contribution in [1.29, 1.82) is 0 Å². The van der Waals surface area contributed by atoms with Gasteiger partial charge in [0.2, 0.25) is 5.91 Å². The monoisotopic (exact) mass is 261 g/mol. The van der Waals surface area contributed by atoms with Crippen LogP contribution in [0.5, 0.6) is 0 Å². The summed E-state index contributed by atoms with van der Waals surface area (Å²) in [5, 5.41) is 4.85. The van der Waals surface area contributed by atoms with Gasteiger partial charge in [-0.3, -0.25) is 4.79 Å². The lowest BCUT2D eigenvalue weighted by molar-refractivity contribution is -0.137. The number of halogens is 3. The van der Waals surface area contributed by atoms with E-state index in [4.69, 9.17) is 5.73 Å². The molecule has 4 nitrogen and oxygen atoms in total. The van der Waals surface area contributed by atoms with Crippen molar-refractivity contribution in [3.8, 4) is 0 Å². The number of rotatable bonds is 3. The Balaban J connectivity index is 3.06. The maximum atomic E-state index is 12.8. The molecule has 0 radical (unpaired) electrons. The van der Waals surface area contributed by atoms with E-state index >= 15 is 0 Å². The van der Waals surface area contributed by atoms with E-state index in [0.29, 0.717) is 0 Å². The van der Waals surface area contributed by atoms with Crippen LogP contribution in [-0.4, -0.2) is 19.0 Å². The number of nitrogens with one attached hydrogen (secondary N) is 2. The molecule has 0 aromatic heterocycles. The fraction of sp³-hybridized carbons (Fsp3) is 0.364. The van der Waals surface area contributed by atoms with Gasteiger partial charge >= 0.3 is 6.18 Å². The van der Waals surface area contributed by atoms with Crippen molar-refractivity contribution in [3.05, 3.63) is 23.8 Å². The molecule has 100 valence electrons. The number of nitrogen functional groups attached to an aromatic ring is 1. The molecular weight excluding hydrogens is 247 g/mol. The number of amides is 1. The number of hydrogen-bond donors (Lipinski definition) is 3. The Kier molecular flexibility index (Phi) is 4.05. The van der Waals surface area contributed by atoms with Crippen molar-refractivity contribution in [3.63, 3.8) is 0 Å². The highest BCUT2D eigenvalue weighted by atomic mass is 19.4. The summed E-state index contributed by atoms with van der Waals surface area (Å²) in [4.78, 5) is 11.3. The third-order valence-corrected chi connectivity index (χ3v) is 2.36. The SMILES string of the molecule is CNC(=O)C(C)Nc1ccc(N)cc1C(F)(F)F. The maximum Gasteiger partial charge on any atom is 0.418 e. The van der Waals surface area contributed by atoms with E-state index in [1.807, 2.05) is 0 Å². The molecule has 1 amide bonds. The number of carbonyl (C=O) groups excluding carboxylic acids is 1. The van der Waals surface area contributed by atoms with Gasteiger partial charge in [0, 0.05) is 18.4 Å². The van der Waals surface area contributed by atoms with Crippen LogP contribution in [0.4, 0.5) is 24.5 Å². The average Bonchev–Trinajstić information content (AvgIpc) is 2.28. The summed E-state index contributed by atoms with van der Waals surface area (Å²) >= 11 is 0. The molecular formula is C11H14F3N3O. The third-order valence-electron chi connectivity index (χ3n) is 2.36. The number of likely N-dealkylation sites (N-methyl/N-ethyl adjacent to an activating group) is 1. The second-order valence-electron chi connectivity index (χ2n) is 3.78. The predicted octanol–water partition coefficient (Wildman–Crippen LogP) is 1.83. The molecule has 18 heavy (non-hydrogen) atoms. The first kappa shape index (κ1) is 14.1. The summed E-state index contributed by atoms with van der Waals surface area (Å²) in [7, 11) is 1.41. The molecule has 4 N–H and O–H groups in total. The first-order valence-corrected chi connectivity index (χ1v) is 5.20. The molecule has 0 aliphatic heterocycles. The van der Waals surface area contributed by atoms with Gasteiger partial charge in [-0.05, 0) is 25.1 Å². The lowest BCUT2D eigenvalue weighted by atomic mass is 10.1. The molecule has 0 bridgehead atoms. The second kappa shape index (κ2) is 5.16. The summed E-state index contributed by atoms with van der Waals surface area (Å²) < 4.78 is 38.3. The Hall–Kier alpha value is -1.92. The van der Waals surface area contributed by atoms with Gasteiger partial charge < -0.3 is 16.4 Å². The fourth-order valence-corrected chi connectivity index (χ4v) is 1.44. The predicted molar refractivity (Wildman–Crippen MR) is 63.0 cm³/mol. The summed E-state index contributed by atoms with van der Waals surface area (Å²) in [6, 6.07) is 2.60. The van der Waals surface area contributed by atoms with Gasteiger partial charge in [0.05, 0.1) is 5.56 Å². The van der Waals surface area contributed by atoms with Gasteiger partial charge in [0.1, 0.15) is 6.04 Å². The topological polar surface area (TPSA) is 67.2 Å². The lowest BCUT2D eigenvalue weighted by Gasteiger charge is -2.18. The summed E-state index contributed by atoms with van der Waals surface area (Å²) in [5.41, 5.74) is 4.28. The normalized spacial score (nSPS) is 12.9. The zero-order valence-corrected chi connectivity index (χ0v) is 9.93. The van der Waals surface area contributed by atoms with Gasteiger partial charge in [-0.1, -0.05) is 0 Å². The van der Waals surface area contributed by atoms with Crippen molar-refractivity contribution in [2.24, 2.45) is 0 Å². The molecule has 1 unspecified atom stereocenters. The number of benzene rings is 1. The van der Waals surface area contributed by atoms with E-state index in [1.165, 1.54) is 26.1 Å². The number of hydrogen-bond acceptors (Lipinski definition) is 3. The Morgan fingerprint density at radius 1 is 1.39 bits per heavy atom. The highest BCUT2D eigenvalue weighted by Gasteiger charge is 2.34. The summed E-state index contributed by atoms with van der Waals surface area (Å²) in [6.07, 6.45) is -4.53. The number of anilines is 2. The van der Waals surface area contributed by atoms with Crippen LogP contribution < -0.4 is 16.4 Å². The summed E-state index contributed by atoms with van der Waals surface area (Å²) in [6.45, 7) is 1.47. The zero-order valence-electron chi connectivity index (χ0n) is 9.93. The highest BCUT2D eigenvalue weighted by Crippen LogP contribution is 2.36. The zero-order chi connectivity index (χ0) is 13.9. The molecule has 0 aliphatic rings. The average molecular weight is 261 g/mol. The van der Waals surface area contributed by atoms with Crippen LogP contribution in [-0.2, 0) is 11.0 Å². The number of carbonyl (C=O) groups is 1. The van der Waals surface area contributed by atoms with Crippen LogP contribution in [0.1, 0.15) is 12.5 Å². The van der Waals surface area contributed by atoms with Crippen LogP contribution in [0.3, 0.4) is 0 Å². The van der Waals surface area contributed by atoms with E-state index in [-0.39, 0.29) is 11.4 Å². The van der Waals surface area contributed by atoms with Crippen molar-refractivity contribution in [2.75, 3.05) is 18.1 Å². The molecule has 1 aromatic rings. The smallest absolute Gasteiger partial charge is 0.399 e. The van der Waals surface area contributed by atoms with Gasteiger partial charge in [0.15, 0.2) is 0 Å². The first-order valence-electron chi connectivity index (χ1n) is 5.20. The number of nitrogens with two attached hydrogens (primary N) is 1. The first-order chi connectivity index (χ1) is 8.25. The van der Waals surface area contributed by atoms with Crippen molar-refractivity contribution >= 4 is 17.3 Å². The lowest BCUT2D eigenvalue weighted by Crippen LogP contribution is -2.35. The minimum absolute atomic E-state index is 0.0143. The van der Waals surface area contributed by atoms with Crippen LogP contribution in [0, 0.1) is 0 Å². The quantitative estimate of drug-likeness (QED) is 0.727. The summed E-state index contributed by atoms with van der Waals surface area (Å²) in [5.74, 6) is -0.403. The Morgan fingerprint density at radius 3 is 2.50 bits per heavy atom. The van der Waals surface area contributed by atoms with Gasteiger partial charge in [-0.15, -0.1) is 0 Å². The largest absolute Gasteiger partial charge is 0.418 e. The van der Waals surface area contributed by atoms with Crippen molar-refractivity contribution in [1.82, 2.24) is 5.32 Å².